The van der Waals surface area contributed by atoms with Crippen LogP contribution in [0.15, 0.2) is 24.3 Å². The SMILES string of the molecule is CC(C)OC(=O)c1ccc(NC2CCS(=O)CC2)cc1. The van der Waals surface area contributed by atoms with Gasteiger partial charge in [-0.25, -0.2) is 4.79 Å². The minimum absolute atomic E-state index is 0.108. The van der Waals surface area contributed by atoms with Gasteiger partial charge in [0.2, 0.25) is 0 Å². The van der Waals surface area contributed by atoms with Crippen molar-refractivity contribution >= 4 is 22.5 Å². The second-order valence-corrected chi connectivity index (χ2v) is 6.99. The van der Waals surface area contributed by atoms with Gasteiger partial charge in [0.25, 0.3) is 0 Å². The normalized spacial score (nSPS) is 22.6. The maximum absolute atomic E-state index is 11.7. The third kappa shape index (κ3) is 4.34. The van der Waals surface area contributed by atoms with E-state index in [4.69, 9.17) is 4.74 Å². The molecule has 1 aliphatic heterocycles. The molecule has 1 heterocycles. The Kier molecular flexibility index (Phi) is 5.17. The zero-order valence-electron chi connectivity index (χ0n) is 11.9. The summed E-state index contributed by atoms with van der Waals surface area (Å²) >= 11 is 0. The predicted octanol–water partition coefficient (Wildman–Crippen LogP) is 2.57. The van der Waals surface area contributed by atoms with Gasteiger partial charge in [0.1, 0.15) is 0 Å². The summed E-state index contributed by atoms with van der Waals surface area (Å²) in [5.74, 6) is 1.26. The number of esters is 1. The van der Waals surface area contributed by atoms with Crippen molar-refractivity contribution in [3.63, 3.8) is 0 Å². The van der Waals surface area contributed by atoms with E-state index in [1.54, 1.807) is 12.1 Å². The molecule has 0 radical (unpaired) electrons. The second-order valence-electron chi connectivity index (χ2n) is 5.30. The van der Waals surface area contributed by atoms with Crippen molar-refractivity contribution in [1.82, 2.24) is 0 Å². The molecule has 1 fully saturated rings. The summed E-state index contributed by atoms with van der Waals surface area (Å²) in [7, 11) is -0.636. The highest BCUT2D eigenvalue weighted by atomic mass is 32.2. The predicted molar refractivity (Wildman–Crippen MR) is 81.5 cm³/mol. The summed E-state index contributed by atoms with van der Waals surface area (Å²) in [5.41, 5.74) is 1.55. The summed E-state index contributed by atoms with van der Waals surface area (Å²) in [6, 6.07) is 7.70. The molecule has 1 saturated heterocycles. The topological polar surface area (TPSA) is 55.4 Å². The van der Waals surface area contributed by atoms with Gasteiger partial charge >= 0.3 is 5.97 Å². The van der Waals surface area contributed by atoms with Gasteiger partial charge in [0.15, 0.2) is 0 Å². The molecule has 0 unspecified atom stereocenters. The fraction of sp³-hybridized carbons (Fsp3) is 0.533. The van der Waals surface area contributed by atoms with E-state index in [9.17, 15) is 9.00 Å². The molecular formula is C15H21NO3S. The van der Waals surface area contributed by atoms with Crippen LogP contribution in [0.1, 0.15) is 37.0 Å². The number of hydrogen-bond acceptors (Lipinski definition) is 4. The average Bonchev–Trinajstić information content (AvgIpc) is 2.41. The number of carbonyl (C=O) groups is 1. The molecule has 0 saturated carbocycles. The van der Waals surface area contributed by atoms with Crippen molar-refractivity contribution < 1.29 is 13.7 Å². The van der Waals surface area contributed by atoms with Gasteiger partial charge in [0.05, 0.1) is 11.7 Å². The van der Waals surface area contributed by atoms with Crippen molar-refractivity contribution in [2.75, 3.05) is 16.8 Å². The van der Waals surface area contributed by atoms with E-state index >= 15 is 0 Å². The zero-order chi connectivity index (χ0) is 14.5. The third-order valence-corrected chi connectivity index (χ3v) is 4.60. The Bertz CT molecular complexity index is 474. The Balaban J connectivity index is 1.91. The van der Waals surface area contributed by atoms with E-state index in [1.807, 2.05) is 26.0 Å². The van der Waals surface area contributed by atoms with Crippen molar-refractivity contribution in [2.45, 2.75) is 38.8 Å². The van der Waals surface area contributed by atoms with E-state index < -0.39 is 10.8 Å². The van der Waals surface area contributed by atoms with Crippen LogP contribution in [0.3, 0.4) is 0 Å². The molecule has 1 aromatic rings. The fourth-order valence-electron chi connectivity index (χ4n) is 2.16. The van der Waals surface area contributed by atoms with Gasteiger partial charge in [0, 0.05) is 34.0 Å². The first-order valence-corrected chi connectivity index (χ1v) is 8.46. The van der Waals surface area contributed by atoms with Crippen LogP contribution in [0.25, 0.3) is 0 Å². The van der Waals surface area contributed by atoms with Crippen LogP contribution in [0.5, 0.6) is 0 Å². The minimum Gasteiger partial charge on any atom is -0.459 e. The van der Waals surface area contributed by atoms with Crippen LogP contribution in [0.4, 0.5) is 5.69 Å². The largest absolute Gasteiger partial charge is 0.459 e. The number of ether oxygens (including phenoxy) is 1. The van der Waals surface area contributed by atoms with Gasteiger partial charge in [-0.1, -0.05) is 0 Å². The third-order valence-electron chi connectivity index (χ3n) is 3.22. The summed E-state index contributed by atoms with van der Waals surface area (Å²) in [5, 5.41) is 3.42. The molecule has 2 rings (SSSR count). The zero-order valence-corrected chi connectivity index (χ0v) is 12.7. The molecule has 5 heteroatoms. The van der Waals surface area contributed by atoms with E-state index in [-0.39, 0.29) is 12.1 Å². The van der Waals surface area contributed by atoms with Crippen molar-refractivity contribution in [2.24, 2.45) is 0 Å². The lowest BCUT2D eigenvalue weighted by Crippen LogP contribution is -2.29. The standard InChI is InChI=1S/C15H21NO3S/c1-11(2)19-15(17)12-3-5-13(6-4-12)16-14-7-9-20(18)10-8-14/h3-6,11,14,16H,7-10H2,1-2H3. The van der Waals surface area contributed by atoms with E-state index in [2.05, 4.69) is 5.32 Å². The lowest BCUT2D eigenvalue weighted by Gasteiger charge is -2.23. The smallest absolute Gasteiger partial charge is 0.338 e. The van der Waals surface area contributed by atoms with Crippen LogP contribution in [0, 0.1) is 0 Å². The van der Waals surface area contributed by atoms with E-state index in [0.717, 1.165) is 30.0 Å². The van der Waals surface area contributed by atoms with Gasteiger partial charge in [-0.3, -0.25) is 4.21 Å². The Morgan fingerprint density at radius 1 is 1.25 bits per heavy atom. The number of nitrogens with one attached hydrogen (secondary N) is 1. The monoisotopic (exact) mass is 295 g/mol. The second kappa shape index (κ2) is 6.88. The summed E-state index contributed by atoms with van der Waals surface area (Å²) < 4.78 is 16.4. The Morgan fingerprint density at radius 3 is 2.40 bits per heavy atom. The van der Waals surface area contributed by atoms with Crippen LogP contribution in [0.2, 0.25) is 0 Å². The first-order chi connectivity index (χ1) is 9.54. The number of rotatable bonds is 4. The van der Waals surface area contributed by atoms with Crippen LogP contribution < -0.4 is 5.32 Å². The maximum Gasteiger partial charge on any atom is 0.338 e. The maximum atomic E-state index is 11.7. The molecule has 0 spiro atoms. The highest BCUT2D eigenvalue weighted by molar-refractivity contribution is 7.85. The Morgan fingerprint density at radius 2 is 1.85 bits per heavy atom. The van der Waals surface area contributed by atoms with Gasteiger partial charge in [-0.15, -0.1) is 0 Å². The Hall–Kier alpha value is -1.36. The molecule has 1 N–H and O–H groups in total. The molecule has 0 atom stereocenters. The lowest BCUT2D eigenvalue weighted by atomic mass is 10.1. The highest BCUT2D eigenvalue weighted by Crippen LogP contribution is 2.17. The molecular weight excluding hydrogens is 274 g/mol. The Labute approximate surface area is 122 Å². The van der Waals surface area contributed by atoms with Gasteiger partial charge in [-0.2, -0.15) is 0 Å². The van der Waals surface area contributed by atoms with E-state index in [1.165, 1.54) is 0 Å². The van der Waals surface area contributed by atoms with E-state index in [0.29, 0.717) is 11.6 Å². The fourth-order valence-corrected chi connectivity index (χ4v) is 3.46. The van der Waals surface area contributed by atoms with Crippen molar-refractivity contribution in [3.05, 3.63) is 29.8 Å². The molecule has 1 aromatic carbocycles. The van der Waals surface area contributed by atoms with Gasteiger partial charge in [-0.05, 0) is 51.0 Å². The number of hydrogen-bond donors (Lipinski definition) is 1. The number of anilines is 1. The molecule has 0 bridgehead atoms. The molecule has 1 aliphatic rings. The molecule has 0 amide bonds. The minimum atomic E-state index is -0.636. The van der Waals surface area contributed by atoms with Crippen molar-refractivity contribution in [1.29, 1.82) is 0 Å². The lowest BCUT2D eigenvalue weighted by molar-refractivity contribution is 0.0378. The summed E-state index contributed by atoms with van der Waals surface area (Å²) in [6.45, 7) is 3.67. The molecule has 0 aliphatic carbocycles. The first kappa shape index (κ1) is 15.0. The molecule has 0 aromatic heterocycles. The summed E-state index contributed by atoms with van der Waals surface area (Å²) in [6.07, 6.45) is 1.76. The quantitative estimate of drug-likeness (QED) is 0.867. The van der Waals surface area contributed by atoms with Crippen LogP contribution in [-0.2, 0) is 15.5 Å². The van der Waals surface area contributed by atoms with Crippen molar-refractivity contribution in [3.8, 4) is 0 Å². The molecule has 20 heavy (non-hydrogen) atoms. The number of carbonyl (C=O) groups excluding carboxylic acids is 1. The van der Waals surface area contributed by atoms with Crippen LogP contribution >= 0.6 is 0 Å². The highest BCUT2D eigenvalue weighted by Gasteiger charge is 2.17. The average molecular weight is 295 g/mol. The first-order valence-electron chi connectivity index (χ1n) is 6.97. The molecule has 4 nitrogen and oxygen atoms in total. The number of benzene rings is 1. The molecule has 110 valence electrons. The summed E-state index contributed by atoms with van der Waals surface area (Å²) in [4.78, 5) is 11.7. The van der Waals surface area contributed by atoms with Gasteiger partial charge < -0.3 is 10.1 Å². The van der Waals surface area contributed by atoms with Crippen LogP contribution in [-0.4, -0.2) is 33.8 Å².